The summed E-state index contributed by atoms with van der Waals surface area (Å²) in [7, 11) is 3.56. The van der Waals surface area contributed by atoms with Crippen molar-refractivity contribution in [2.24, 2.45) is 0 Å². The SMILES string of the molecule is CN(C)NC(=O)COCc1ccc2c(c1)CCCC2. The van der Waals surface area contributed by atoms with E-state index in [-0.39, 0.29) is 12.5 Å². The molecule has 1 aliphatic rings. The normalized spacial score (nSPS) is 14.3. The summed E-state index contributed by atoms with van der Waals surface area (Å²) in [6, 6.07) is 6.53. The van der Waals surface area contributed by atoms with Gasteiger partial charge in [-0.1, -0.05) is 18.2 Å². The summed E-state index contributed by atoms with van der Waals surface area (Å²) >= 11 is 0. The zero-order valence-corrected chi connectivity index (χ0v) is 11.7. The maximum atomic E-state index is 11.4. The monoisotopic (exact) mass is 262 g/mol. The molecule has 0 aliphatic heterocycles. The zero-order chi connectivity index (χ0) is 13.7. The third-order valence-electron chi connectivity index (χ3n) is 3.26. The van der Waals surface area contributed by atoms with E-state index in [1.165, 1.54) is 36.8 Å². The largest absolute Gasteiger partial charge is 0.367 e. The second kappa shape index (κ2) is 6.68. The second-order valence-electron chi connectivity index (χ2n) is 5.23. The first-order valence-corrected chi connectivity index (χ1v) is 6.80. The molecule has 0 atom stereocenters. The number of ether oxygens (including phenoxy) is 1. The Bertz CT molecular complexity index is 444. The van der Waals surface area contributed by atoms with Crippen molar-refractivity contribution in [2.45, 2.75) is 32.3 Å². The average Bonchev–Trinajstić information content (AvgIpc) is 2.37. The van der Waals surface area contributed by atoms with E-state index in [4.69, 9.17) is 4.74 Å². The fraction of sp³-hybridized carbons (Fsp3) is 0.533. The summed E-state index contributed by atoms with van der Waals surface area (Å²) in [6.07, 6.45) is 4.95. The van der Waals surface area contributed by atoms with Crippen LogP contribution in [0.15, 0.2) is 18.2 Å². The van der Waals surface area contributed by atoms with Gasteiger partial charge in [0.25, 0.3) is 5.91 Å². The van der Waals surface area contributed by atoms with Crippen LogP contribution in [0.1, 0.15) is 29.5 Å². The number of carbonyl (C=O) groups excluding carboxylic acids is 1. The van der Waals surface area contributed by atoms with Gasteiger partial charge in [-0.3, -0.25) is 10.2 Å². The van der Waals surface area contributed by atoms with Crippen LogP contribution in [0.4, 0.5) is 0 Å². The smallest absolute Gasteiger partial charge is 0.260 e. The number of carbonyl (C=O) groups is 1. The summed E-state index contributed by atoms with van der Waals surface area (Å²) in [5, 5.41) is 1.62. The van der Waals surface area contributed by atoms with Crippen LogP contribution < -0.4 is 5.43 Å². The van der Waals surface area contributed by atoms with Gasteiger partial charge in [0, 0.05) is 14.1 Å². The van der Waals surface area contributed by atoms with Crippen molar-refractivity contribution < 1.29 is 9.53 Å². The van der Waals surface area contributed by atoms with Crippen molar-refractivity contribution in [3.05, 3.63) is 34.9 Å². The molecule has 0 saturated heterocycles. The van der Waals surface area contributed by atoms with E-state index >= 15 is 0 Å². The Labute approximate surface area is 114 Å². The predicted molar refractivity (Wildman–Crippen MR) is 74.6 cm³/mol. The lowest BCUT2D eigenvalue weighted by Crippen LogP contribution is -2.38. The van der Waals surface area contributed by atoms with Crippen LogP contribution in [0, 0.1) is 0 Å². The molecule has 1 aromatic carbocycles. The Morgan fingerprint density at radius 3 is 2.74 bits per heavy atom. The molecule has 0 unspecified atom stereocenters. The molecule has 0 saturated carbocycles. The minimum atomic E-state index is -0.122. The van der Waals surface area contributed by atoms with E-state index in [0.29, 0.717) is 6.61 Å². The van der Waals surface area contributed by atoms with Gasteiger partial charge in [0.2, 0.25) is 0 Å². The Balaban J connectivity index is 1.81. The van der Waals surface area contributed by atoms with Crippen LogP contribution in [0.25, 0.3) is 0 Å². The van der Waals surface area contributed by atoms with Gasteiger partial charge in [0.1, 0.15) is 6.61 Å². The maximum Gasteiger partial charge on any atom is 0.260 e. The van der Waals surface area contributed by atoms with E-state index < -0.39 is 0 Å². The van der Waals surface area contributed by atoms with Gasteiger partial charge in [0.15, 0.2) is 0 Å². The number of hydrogen-bond acceptors (Lipinski definition) is 3. The number of fused-ring (bicyclic) bond motifs is 1. The van der Waals surface area contributed by atoms with Crippen LogP contribution in [0.2, 0.25) is 0 Å². The summed E-state index contributed by atoms with van der Waals surface area (Å²) in [6.45, 7) is 0.587. The molecule has 0 spiro atoms. The fourth-order valence-electron chi connectivity index (χ4n) is 2.42. The first-order valence-electron chi connectivity index (χ1n) is 6.80. The van der Waals surface area contributed by atoms with Gasteiger partial charge < -0.3 is 4.74 Å². The highest BCUT2D eigenvalue weighted by Gasteiger charge is 2.09. The van der Waals surface area contributed by atoms with E-state index in [1.54, 1.807) is 19.1 Å². The summed E-state index contributed by atoms with van der Waals surface area (Å²) in [5.74, 6) is -0.122. The first kappa shape index (κ1) is 14.0. The summed E-state index contributed by atoms with van der Waals surface area (Å²) in [4.78, 5) is 11.4. The highest BCUT2D eigenvalue weighted by Crippen LogP contribution is 2.22. The van der Waals surface area contributed by atoms with Crippen LogP contribution in [-0.2, 0) is 29.0 Å². The molecule has 0 bridgehead atoms. The predicted octanol–water partition coefficient (Wildman–Crippen LogP) is 1.67. The van der Waals surface area contributed by atoms with Crippen molar-refractivity contribution >= 4 is 5.91 Å². The van der Waals surface area contributed by atoms with Crippen LogP contribution in [-0.4, -0.2) is 31.6 Å². The van der Waals surface area contributed by atoms with E-state index in [2.05, 4.69) is 23.6 Å². The third-order valence-corrected chi connectivity index (χ3v) is 3.26. The molecule has 1 N–H and O–H groups in total. The minimum absolute atomic E-state index is 0.0925. The quantitative estimate of drug-likeness (QED) is 0.821. The van der Waals surface area contributed by atoms with Crippen LogP contribution in [0.5, 0.6) is 0 Å². The molecule has 4 nitrogen and oxygen atoms in total. The Morgan fingerprint density at radius 1 is 1.26 bits per heavy atom. The van der Waals surface area contributed by atoms with Crippen molar-refractivity contribution in [3.8, 4) is 0 Å². The molecular formula is C15H22N2O2. The molecule has 19 heavy (non-hydrogen) atoms. The van der Waals surface area contributed by atoms with E-state index in [1.807, 2.05) is 0 Å². The highest BCUT2D eigenvalue weighted by molar-refractivity contribution is 5.76. The molecular weight excluding hydrogens is 240 g/mol. The van der Waals surface area contributed by atoms with Crippen molar-refractivity contribution in [1.29, 1.82) is 0 Å². The van der Waals surface area contributed by atoms with Crippen molar-refractivity contribution in [3.63, 3.8) is 0 Å². The van der Waals surface area contributed by atoms with Gasteiger partial charge in [-0.05, 0) is 42.4 Å². The number of hydrazine groups is 1. The highest BCUT2D eigenvalue weighted by atomic mass is 16.5. The number of benzene rings is 1. The first-order chi connectivity index (χ1) is 9.15. The maximum absolute atomic E-state index is 11.4. The third kappa shape index (κ3) is 4.33. The topological polar surface area (TPSA) is 41.6 Å². The molecule has 1 aliphatic carbocycles. The molecule has 1 amide bonds. The number of nitrogens with one attached hydrogen (secondary N) is 1. The standard InChI is InChI=1S/C15H22N2O2/c1-17(2)16-15(18)11-19-10-12-7-8-13-5-3-4-6-14(13)9-12/h7-9H,3-6,10-11H2,1-2H3,(H,16,18). The molecule has 0 aromatic heterocycles. The minimum Gasteiger partial charge on any atom is -0.367 e. The van der Waals surface area contributed by atoms with Crippen LogP contribution >= 0.6 is 0 Å². The lowest BCUT2D eigenvalue weighted by atomic mass is 9.90. The molecule has 0 radical (unpaired) electrons. The van der Waals surface area contributed by atoms with Crippen molar-refractivity contribution in [1.82, 2.24) is 10.4 Å². The number of aryl methyl sites for hydroxylation is 2. The number of amides is 1. The Kier molecular flexibility index (Phi) is 4.93. The molecule has 1 aromatic rings. The van der Waals surface area contributed by atoms with Gasteiger partial charge in [-0.25, -0.2) is 5.01 Å². The summed E-state index contributed by atoms with van der Waals surface area (Å²) in [5.41, 5.74) is 6.72. The van der Waals surface area contributed by atoms with Gasteiger partial charge in [0.05, 0.1) is 6.61 Å². The summed E-state index contributed by atoms with van der Waals surface area (Å²) < 4.78 is 5.43. The lowest BCUT2D eigenvalue weighted by Gasteiger charge is -2.16. The Hall–Kier alpha value is -1.39. The van der Waals surface area contributed by atoms with Gasteiger partial charge in [-0.15, -0.1) is 0 Å². The molecule has 2 rings (SSSR count). The molecule has 104 valence electrons. The van der Waals surface area contributed by atoms with Gasteiger partial charge >= 0.3 is 0 Å². The fourth-order valence-corrected chi connectivity index (χ4v) is 2.42. The van der Waals surface area contributed by atoms with E-state index in [0.717, 1.165) is 5.56 Å². The number of rotatable bonds is 5. The number of hydrogen-bond donors (Lipinski definition) is 1. The second-order valence-corrected chi connectivity index (χ2v) is 5.23. The number of nitrogens with zero attached hydrogens (tertiary/aromatic N) is 1. The molecule has 4 heteroatoms. The lowest BCUT2D eigenvalue weighted by molar-refractivity contribution is -0.129. The Morgan fingerprint density at radius 2 is 2.00 bits per heavy atom. The van der Waals surface area contributed by atoms with E-state index in [9.17, 15) is 4.79 Å². The van der Waals surface area contributed by atoms with Gasteiger partial charge in [-0.2, -0.15) is 0 Å². The average molecular weight is 262 g/mol. The van der Waals surface area contributed by atoms with Crippen LogP contribution in [0.3, 0.4) is 0 Å². The van der Waals surface area contributed by atoms with Crippen molar-refractivity contribution in [2.75, 3.05) is 20.7 Å². The molecule has 0 heterocycles. The zero-order valence-electron chi connectivity index (χ0n) is 11.7. The molecule has 0 fully saturated rings.